The highest BCUT2D eigenvalue weighted by atomic mass is 16.4. The lowest BCUT2D eigenvalue weighted by atomic mass is 10.1. The summed E-state index contributed by atoms with van der Waals surface area (Å²) in [5.41, 5.74) is 1.39. The average molecular weight is 316 g/mol. The van der Waals surface area contributed by atoms with Crippen molar-refractivity contribution in [3.63, 3.8) is 0 Å². The number of benzene rings is 1. The summed E-state index contributed by atoms with van der Waals surface area (Å²) in [5.74, 6) is -2.86. The first-order valence-corrected chi connectivity index (χ1v) is 7.37. The second kappa shape index (κ2) is 5.49. The van der Waals surface area contributed by atoms with E-state index in [-0.39, 0.29) is 17.0 Å². The van der Waals surface area contributed by atoms with Gasteiger partial charge in [0, 0.05) is 0 Å². The number of nitrogens with one attached hydrogen (secondary N) is 1. The Balaban J connectivity index is 1.71. The van der Waals surface area contributed by atoms with Crippen molar-refractivity contribution in [3.8, 4) is 0 Å². The van der Waals surface area contributed by atoms with Crippen LogP contribution in [-0.4, -0.2) is 46.3 Å². The van der Waals surface area contributed by atoms with Crippen molar-refractivity contribution in [2.75, 3.05) is 6.54 Å². The van der Waals surface area contributed by atoms with Gasteiger partial charge in [-0.3, -0.25) is 19.3 Å². The second-order valence-corrected chi connectivity index (χ2v) is 5.97. The summed E-state index contributed by atoms with van der Waals surface area (Å²) in [6.07, 6.45) is 1.51. The molecule has 23 heavy (non-hydrogen) atoms. The molecule has 0 saturated heterocycles. The molecule has 2 aliphatic rings. The Kier molecular flexibility index (Phi) is 3.63. The van der Waals surface area contributed by atoms with Gasteiger partial charge in [-0.1, -0.05) is 11.6 Å². The minimum absolute atomic E-state index is 0.0683. The summed E-state index contributed by atoms with van der Waals surface area (Å²) >= 11 is 0. The highest BCUT2D eigenvalue weighted by Gasteiger charge is 2.40. The third-order valence-corrected chi connectivity index (χ3v) is 4.10. The van der Waals surface area contributed by atoms with E-state index in [1.807, 2.05) is 0 Å². The number of carboxylic acid groups (broad SMARTS) is 1. The zero-order valence-corrected chi connectivity index (χ0v) is 12.5. The van der Waals surface area contributed by atoms with Crippen molar-refractivity contribution < 1.29 is 24.3 Å². The molecule has 1 heterocycles. The summed E-state index contributed by atoms with van der Waals surface area (Å²) in [4.78, 5) is 48.5. The monoisotopic (exact) mass is 316 g/mol. The van der Waals surface area contributed by atoms with Crippen molar-refractivity contribution in [3.05, 3.63) is 34.9 Å². The molecular formula is C16H16N2O5. The van der Waals surface area contributed by atoms with E-state index in [4.69, 9.17) is 5.11 Å². The van der Waals surface area contributed by atoms with Crippen LogP contribution in [0.4, 0.5) is 0 Å². The van der Waals surface area contributed by atoms with E-state index in [1.165, 1.54) is 0 Å². The van der Waals surface area contributed by atoms with Crippen LogP contribution in [0.2, 0.25) is 0 Å². The van der Waals surface area contributed by atoms with E-state index in [9.17, 15) is 19.2 Å². The maximum Gasteiger partial charge on any atom is 0.326 e. The Morgan fingerprint density at radius 2 is 1.91 bits per heavy atom. The lowest BCUT2D eigenvalue weighted by Crippen LogP contribution is -2.47. The molecule has 1 atom stereocenters. The van der Waals surface area contributed by atoms with Crippen LogP contribution in [0, 0.1) is 12.8 Å². The van der Waals surface area contributed by atoms with E-state index in [0.29, 0.717) is 0 Å². The maximum atomic E-state index is 12.3. The molecule has 0 spiro atoms. The standard InChI is InChI=1S/C16H16N2O5/c1-8-2-5-10-11(6-8)15(21)18(14(10)20)7-12(19)17-13(16(22)23)9-3-4-9/h2,5-6,9,13H,3-4,7H2,1H3,(H,17,19)(H,22,23). The third-order valence-electron chi connectivity index (χ3n) is 4.10. The number of aryl methyl sites for hydroxylation is 1. The van der Waals surface area contributed by atoms with Crippen LogP contribution in [0.15, 0.2) is 18.2 Å². The Hall–Kier alpha value is -2.70. The van der Waals surface area contributed by atoms with Crippen molar-refractivity contribution in [2.45, 2.75) is 25.8 Å². The largest absolute Gasteiger partial charge is 0.480 e. The predicted octanol–water partition coefficient (Wildman–Crippen LogP) is 0.570. The molecule has 0 radical (unpaired) electrons. The van der Waals surface area contributed by atoms with Gasteiger partial charge in [0.1, 0.15) is 12.6 Å². The molecule has 7 nitrogen and oxygen atoms in total. The summed E-state index contributed by atoms with van der Waals surface area (Å²) in [7, 11) is 0. The number of hydrogen-bond donors (Lipinski definition) is 2. The molecule has 1 aliphatic carbocycles. The Morgan fingerprint density at radius 1 is 1.26 bits per heavy atom. The second-order valence-electron chi connectivity index (χ2n) is 5.97. The molecule has 1 fully saturated rings. The number of amides is 3. The van der Waals surface area contributed by atoms with Crippen molar-refractivity contribution in [1.29, 1.82) is 0 Å². The number of aliphatic carboxylic acids is 1. The molecule has 0 bridgehead atoms. The Bertz CT molecular complexity index is 723. The number of nitrogens with zero attached hydrogens (tertiary/aromatic N) is 1. The lowest BCUT2D eigenvalue weighted by molar-refractivity contribution is -0.142. The first kappa shape index (κ1) is 15.2. The van der Waals surface area contributed by atoms with Crippen LogP contribution in [0.3, 0.4) is 0 Å². The maximum absolute atomic E-state index is 12.3. The predicted molar refractivity (Wildman–Crippen MR) is 78.8 cm³/mol. The van der Waals surface area contributed by atoms with Gasteiger partial charge in [0.25, 0.3) is 11.8 Å². The zero-order valence-electron chi connectivity index (χ0n) is 12.5. The SMILES string of the molecule is Cc1ccc2c(c1)C(=O)N(CC(=O)NC(C(=O)O)C1CC1)C2=O. The van der Waals surface area contributed by atoms with Crippen LogP contribution in [0.5, 0.6) is 0 Å². The van der Waals surface area contributed by atoms with Gasteiger partial charge >= 0.3 is 5.97 Å². The van der Waals surface area contributed by atoms with Gasteiger partial charge in [-0.2, -0.15) is 0 Å². The molecule has 1 aromatic carbocycles. The zero-order chi connectivity index (χ0) is 16.7. The number of carboxylic acids is 1. The minimum atomic E-state index is -1.10. The van der Waals surface area contributed by atoms with Gasteiger partial charge in [0.15, 0.2) is 0 Å². The molecule has 120 valence electrons. The van der Waals surface area contributed by atoms with E-state index in [1.54, 1.807) is 25.1 Å². The van der Waals surface area contributed by atoms with Crippen LogP contribution in [-0.2, 0) is 9.59 Å². The summed E-state index contributed by atoms with van der Waals surface area (Å²) in [5, 5.41) is 11.5. The minimum Gasteiger partial charge on any atom is -0.480 e. The average Bonchev–Trinajstić information content (AvgIpc) is 3.30. The molecule has 7 heteroatoms. The molecular weight excluding hydrogens is 300 g/mol. The van der Waals surface area contributed by atoms with Gasteiger partial charge in [-0.25, -0.2) is 4.79 Å². The quantitative estimate of drug-likeness (QED) is 0.773. The van der Waals surface area contributed by atoms with Gasteiger partial charge in [0.05, 0.1) is 11.1 Å². The van der Waals surface area contributed by atoms with E-state index < -0.39 is 36.3 Å². The van der Waals surface area contributed by atoms with E-state index in [2.05, 4.69) is 5.32 Å². The number of fused-ring (bicyclic) bond motifs is 1. The highest BCUT2D eigenvalue weighted by Crippen LogP contribution is 2.32. The van der Waals surface area contributed by atoms with Crippen molar-refractivity contribution >= 4 is 23.7 Å². The fourth-order valence-electron chi connectivity index (χ4n) is 2.72. The molecule has 0 aromatic heterocycles. The Labute approximate surface area is 132 Å². The number of imide groups is 1. The molecule has 2 N–H and O–H groups in total. The normalized spacial score (nSPS) is 17.9. The fraction of sp³-hybridized carbons (Fsp3) is 0.375. The topological polar surface area (TPSA) is 104 Å². The summed E-state index contributed by atoms with van der Waals surface area (Å²) < 4.78 is 0. The molecule has 1 saturated carbocycles. The summed E-state index contributed by atoms with van der Waals surface area (Å²) in [6, 6.07) is 3.94. The number of carbonyl (C=O) groups is 4. The molecule has 1 aliphatic heterocycles. The van der Waals surface area contributed by atoms with Gasteiger partial charge < -0.3 is 10.4 Å². The van der Waals surface area contributed by atoms with Crippen molar-refractivity contribution in [1.82, 2.24) is 10.2 Å². The number of rotatable bonds is 5. The molecule has 3 rings (SSSR count). The van der Waals surface area contributed by atoms with Gasteiger partial charge in [0.2, 0.25) is 5.91 Å². The first-order chi connectivity index (χ1) is 10.9. The fourth-order valence-corrected chi connectivity index (χ4v) is 2.72. The smallest absolute Gasteiger partial charge is 0.326 e. The van der Waals surface area contributed by atoms with Crippen molar-refractivity contribution in [2.24, 2.45) is 5.92 Å². The third kappa shape index (κ3) is 2.81. The van der Waals surface area contributed by atoms with Crippen LogP contribution in [0.1, 0.15) is 39.1 Å². The van der Waals surface area contributed by atoms with E-state index in [0.717, 1.165) is 23.3 Å². The molecule has 1 aromatic rings. The lowest BCUT2D eigenvalue weighted by Gasteiger charge is -2.17. The van der Waals surface area contributed by atoms with Gasteiger partial charge in [-0.05, 0) is 37.8 Å². The molecule has 1 unspecified atom stereocenters. The number of hydrogen-bond acceptors (Lipinski definition) is 4. The highest BCUT2D eigenvalue weighted by molar-refractivity contribution is 6.22. The number of carbonyl (C=O) groups excluding carboxylic acids is 3. The van der Waals surface area contributed by atoms with E-state index >= 15 is 0 Å². The summed E-state index contributed by atoms with van der Waals surface area (Å²) in [6.45, 7) is 1.34. The first-order valence-electron chi connectivity index (χ1n) is 7.37. The van der Waals surface area contributed by atoms with Crippen LogP contribution < -0.4 is 5.32 Å². The van der Waals surface area contributed by atoms with Crippen LogP contribution >= 0.6 is 0 Å². The van der Waals surface area contributed by atoms with Crippen LogP contribution in [0.25, 0.3) is 0 Å². The Morgan fingerprint density at radius 3 is 2.52 bits per heavy atom. The molecule has 3 amide bonds. The van der Waals surface area contributed by atoms with Gasteiger partial charge in [-0.15, -0.1) is 0 Å².